The Morgan fingerprint density at radius 2 is 1.82 bits per heavy atom. The number of hydrogen-bond donors (Lipinski definition) is 6. The summed E-state index contributed by atoms with van der Waals surface area (Å²) in [5.41, 5.74) is -1.27. The van der Waals surface area contributed by atoms with Crippen LogP contribution in [-0.2, 0) is 33.3 Å². The Balaban J connectivity index is 1.49. The van der Waals surface area contributed by atoms with Crippen LogP contribution < -0.4 is 0 Å². The first-order valence-electron chi connectivity index (χ1n) is 12.1. The highest BCUT2D eigenvalue weighted by Crippen LogP contribution is 2.51. The monoisotopic (exact) mass is 548 g/mol. The van der Waals surface area contributed by atoms with Gasteiger partial charge in [0.05, 0.1) is 37.0 Å². The molecule has 0 aromatic heterocycles. The van der Waals surface area contributed by atoms with Crippen LogP contribution in [-0.4, -0.2) is 98.9 Å². The summed E-state index contributed by atoms with van der Waals surface area (Å²) in [6, 6.07) is 5.60. The Kier molecular flexibility index (Phi) is 7.24. The van der Waals surface area contributed by atoms with E-state index in [1.54, 1.807) is 6.08 Å². The zero-order valence-electron chi connectivity index (χ0n) is 20.6. The van der Waals surface area contributed by atoms with Crippen molar-refractivity contribution in [3.63, 3.8) is 0 Å². The molecule has 39 heavy (non-hydrogen) atoms. The number of phenolic OH excluding ortho intramolecular Hbond substituents is 1. The van der Waals surface area contributed by atoms with Gasteiger partial charge >= 0.3 is 11.9 Å². The summed E-state index contributed by atoms with van der Waals surface area (Å²) in [6.07, 6.45) is -5.05. The fourth-order valence-electron chi connectivity index (χ4n) is 5.30. The Morgan fingerprint density at radius 3 is 2.49 bits per heavy atom. The molecule has 10 atom stereocenters. The highest BCUT2D eigenvalue weighted by molar-refractivity contribution is 5.94. The van der Waals surface area contributed by atoms with Crippen molar-refractivity contribution in [1.82, 2.24) is 0 Å². The molecule has 1 spiro atoms. The molecule has 0 bridgehead atoms. The predicted octanol–water partition coefficient (Wildman–Crippen LogP) is -1.32. The van der Waals surface area contributed by atoms with Gasteiger partial charge in [-0.15, -0.1) is 0 Å². The molecular weight excluding hydrogens is 520 g/mol. The fraction of sp³-hybridized carbons (Fsp3) is 0.462. The molecule has 1 saturated heterocycles. The van der Waals surface area contributed by atoms with E-state index in [0.717, 1.165) is 6.26 Å². The third kappa shape index (κ3) is 4.61. The second-order valence-corrected chi connectivity index (χ2v) is 9.65. The molecule has 1 fully saturated rings. The number of allylic oxidation sites excluding steroid dienone is 1. The largest absolute Gasteiger partial charge is 0.508 e. The molecule has 1 aliphatic carbocycles. The molecule has 0 amide bonds. The standard InChI is InChI=1S/C26H28O13/c1-35-22(33)15-10-36-24(38-25-21(32)20(31)19(30)16(9-27)37-25)17-13(15)6-7-26(17)8-14(23(34)39-26)18(29)11-2-4-12(28)5-3-11/h2-8,10,13,16-21,24-25,27-32H,9H2,1H3/t13-,16-,17-,18?,19-,20+,21-,24-,25+,26-/m1/s1. The lowest BCUT2D eigenvalue weighted by Gasteiger charge is -2.44. The van der Waals surface area contributed by atoms with E-state index in [4.69, 9.17) is 23.7 Å². The molecule has 0 radical (unpaired) electrons. The van der Waals surface area contributed by atoms with E-state index in [0.29, 0.717) is 5.56 Å². The number of hydrogen-bond acceptors (Lipinski definition) is 13. The number of aliphatic hydroxyl groups excluding tert-OH is 5. The van der Waals surface area contributed by atoms with Gasteiger partial charge in [0, 0.05) is 5.92 Å². The van der Waals surface area contributed by atoms with E-state index < -0.39 is 79.1 Å². The maximum Gasteiger partial charge on any atom is 0.338 e. The number of aromatic hydroxyl groups is 1. The van der Waals surface area contributed by atoms with Gasteiger partial charge in [0.2, 0.25) is 6.29 Å². The highest BCUT2D eigenvalue weighted by atomic mass is 16.8. The summed E-state index contributed by atoms with van der Waals surface area (Å²) >= 11 is 0. The number of fused-ring (bicyclic) bond motifs is 2. The van der Waals surface area contributed by atoms with Gasteiger partial charge in [0.15, 0.2) is 11.9 Å². The van der Waals surface area contributed by atoms with Crippen LogP contribution in [0.5, 0.6) is 5.75 Å². The van der Waals surface area contributed by atoms with Crippen molar-refractivity contribution in [2.24, 2.45) is 11.8 Å². The second kappa shape index (κ2) is 10.4. The summed E-state index contributed by atoms with van der Waals surface area (Å²) in [5.74, 6) is -3.34. The van der Waals surface area contributed by atoms with E-state index >= 15 is 0 Å². The number of methoxy groups -OCH3 is 1. The van der Waals surface area contributed by atoms with E-state index in [-0.39, 0.29) is 16.9 Å². The van der Waals surface area contributed by atoms with Crippen LogP contribution in [0, 0.1) is 11.8 Å². The maximum absolute atomic E-state index is 13.0. The summed E-state index contributed by atoms with van der Waals surface area (Å²) in [7, 11) is 1.19. The molecule has 1 unspecified atom stereocenters. The van der Waals surface area contributed by atoms with Crippen LogP contribution in [0.25, 0.3) is 0 Å². The molecule has 1 aromatic carbocycles. The lowest BCUT2D eigenvalue weighted by atomic mass is 9.78. The highest BCUT2D eigenvalue weighted by Gasteiger charge is 2.60. The minimum Gasteiger partial charge on any atom is -0.508 e. The molecule has 0 saturated carbocycles. The van der Waals surface area contributed by atoms with Gasteiger partial charge in [-0.25, -0.2) is 9.59 Å². The number of carbonyl (C=O) groups is 2. The van der Waals surface area contributed by atoms with E-state index in [1.807, 2.05) is 0 Å². The molecule has 13 heteroatoms. The zero-order chi connectivity index (χ0) is 28.1. The van der Waals surface area contributed by atoms with Crippen LogP contribution in [0.3, 0.4) is 0 Å². The van der Waals surface area contributed by atoms with Crippen molar-refractivity contribution in [2.75, 3.05) is 13.7 Å². The molecule has 5 rings (SSSR count). The third-order valence-corrected chi connectivity index (χ3v) is 7.38. The Labute approximate surface area is 221 Å². The number of carbonyl (C=O) groups excluding carboxylic acids is 2. The summed E-state index contributed by atoms with van der Waals surface area (Å²) in [6.45, 7) is -0.681. The maximum atomic E-state index is 13.0. The van der Waals surface area contributed by atoms with Gasteiger partial charge in [-0.2, -0.15) is 0 Å². The molecule has 3 aliphatic heterocycles. The Hall–Kier alpha value is -3.30. The lowest BCUT2D eigenvalue weighted by Crippen LogP contribution is -2.60. The number of aliphatic hydroxyl groups is 5. The molecule has 6 N–H and O–H groups in total. The van der Waals surface area contributed by atoms with Crippen LogP contribution in [0.4, 0.5) is 0 Å². The smallest absolute Gasteiger partial charge is 0.338 e. The van der Waals surface area contributed by atoms with Crippen molar-refractivity contribution >= 4 is 11.9 Å². The Morgan fingerprint density at radius 1 is 1.10 bits per heavy atom. The average Bonchev–Trinajstić information content (AvgIpc) is 3.48. The van der Waals surface area contributed by atoms with E-state index in [2.05, 4.69) is 0 Å². The number of benzene rings is 1. The van der Waals surface area contributed by atoms with Gasteiger partial charge in [-0.05, 0) is 29.8 Å². The second-order valence-electron chi connectivity index (χ2n) is 9.65. The quantitative estimate of drug-likeness (QED) is 0.181. The first-order valence-corrected chi connectivity index (χ1v) is 12.1. The molecule has 210 valence electrons. The molecule has 1 aromatic rings. The topological polar surface area (TPSA) is 202 Å². The van der Waals surface area contributed by atoms with Gasteiger partial charge in [0.1, 0.15) is 36.3 Å². The van der Waals surface area contributed by atoms with E-state index in [1.165, 1.54) is 43.5 Å². The first kappa shape index (κ1) is 27.3. The summed E-state index contributed by atoms with van der Waals surface area (Å²) in [4.78, 5) is 25.5. The van der Waals surface area contributed by atoms with Gasteiger partial charge in [-0.3, -0.25) is 0 Å². The van der Waals surface area contributed by atoms with Crippen LogP contribution in [0.1, 0.15) is 11.7 Å². The van der Waals surface area contributed by atoms with Gasteiger partial charge in [0.25, 0.3) is 0 Å². The van der Waals surface area contributed by atoms with Crippen LogP contribution in [0.15, 0.2) is 59.9 Å². The van der Waals surface area contributed by atoms with Crippen molar-refractivity contribution in [3.05, 3.63) is 65.5 Å². The SMILES string of the molecule is COC(=O)C1=CO[C@H](O[C@@H]2O[C@H](CO)[C@@H](O)[C@H](O)[C@H]2O)[C@H]2[C@@H]1C=C[C@@]21C=C(C(O)c2ccc(O)cc2)C(=O)O1. The fourth-order valence-corrected chi connectivity index (χ4v) is 5.30. The molecular formula is C26H28O13. The van der Waals surface area contributed by atoms with Crippen molar-refractivity contribution in [3.8, 4) is 5.75 Å². The minimum atomic E-state index is -1.74. The van der Waals surface area contributed by atoms with Crippen molar-refractivity contribution < 1.29 is 63.9 Å². The predicted molar refractivity (Wildman–Crippen MR) is 126 cm³/mol. The minimum absolute atomic E-state index is 0.0263. The van der Waals surface area contributed by atoms with Crippen molar-refractivity contribution in [1.29, 1.82) is 0 Å². The first-order chi connectivity index (χ1) is 18.6. The molecule has 13 nitrogen and oxygen atoms in total. The number of esters is 2. The number of rotatable bonds is 6. The van der Waals surface area contributed by atoms with Gasteiger partial charge in [-0.1, -0.05) is 18.2 Å². The summed E-state index contributed by atoms with van der Waals surface area (Å²) in [5, 5.41) is 60.7. The lowest BCUT2D eigenvalue weighted by molar-refractivity contribution is -0.344. The molecule has 4 aliphatic rings. The summed E-state index contributed by atoms with van der Waals surface area (Å²) < 4.78 is 27.6. The van der Waals surface area contributed by atoms with Gasteiger partial charge < -0.3 is 54.3 Å². The van der Waals surface area contributed by atoms with Crippen molar-refractivity contribution in [2.45, 2.75) is 48.7 Å². The van der Waals surface area contributed by atoms with Crippen LogP contribution in [0.2, 0.25) is 0 Å². The Bertz CT molecular complexity index is 1200. The molecule has 3 heterocycles. The zero-order valence-corrected chi connectivity index (χ0v) is 20.6. The third-order valence-electron chi connectivity index (χ3n) is 7.38. The average molecular weight is 548 g/mol. The van der Waals surface area contributed by atoms with Crippen LogP contribution >= 0.6 is 0 Å². The number of ether oxygens (including phenoxy) is 5. The normalized spacial score (nSPS) is 37.9. The number of phenols is 1. The van der Waals surface area contributed by atoms with E-state index in [9.17, 15) is 40.2 Å².